The Labute approximate surface area is 112 Å². The van der Waals surface area contributed by atoms with Gasteiger partial charge in [0.15, 0.2) is 0 Å². The first-order valence-corrected chi connectivity index (χ1v) is 6.77. The third-order valence-electron chi connectivity index (χ3n) is 4.47. The van der Waals surface area contributed by atoms with Crippen LogP contribution in [0, 0.1) is 5.41 Å². The number of benzene rings is 1. The number of hydrogen-bond donors (Lipinski definition) is 2. The maximum absolute atomic E-state index is 12.0. The van der Waals surface area contributed by atoms with Gasteiger partial charge >= 0.3 is 0 Å². The lowest BCUT2D eigenvalue weighted by molar-refractivity contribution is -0.128. The number of amides is 2. The molecule has 1 saturated heterocycles. The van der Waals surface area contributed by atoms with E-state index in [4.69, 9.17) is 0 Å². The number of fused-ring (bicyclic) bond motifs is 1. The molecule has 0 radical (unpaired) electrons. The molecular formula is C15H18N2O2. The van der Waals surface area contributed by atoms with Gasteiger partial charge in [0.2, 0.25) is 5.91 Å². The molecule has 1 aromatic rings. The molecule has 3 rings (SSSR count). The van der Waals surface area contributed by atoms with Gasteiger partial charge in [-0.25, -0.2) is 0 Å². The molecule has 0 aromatic heterocycles. The molecule has 19 heavy (non-hydrogen) atoms. The second-order valence-corrected chi connectivity index (χ2v) is 5.53. The van der Waals surface area contributed by atoms with Crippen molar-refractivity contribution < 1.29 is 9.59 Å². The molecule has 4 nitrogen and oxygen atoms in total. The third kappa shape index (κ3) is 1.91. The molecule has 2 aliphatic rings. The Bertz CT molecular complexity index is 553. The smallest absolute Gasteiger partial charge is 0.251 e. The van der Waals surface area contributed by atoms with Crippen molar-refractivity contribution in [3.05, 3.63) is 34.9 Å². The summed E-state index contributed by atoms with van der Waals surface area (Å²) in [7, 11) is 1.64. The lowest BCUT2D eigenvalue weighted by Gasteiger charge is -2.32. The topological polar surface area (TPSA) is 58.2 Å². The molecule has 2 N–H and O–H groups in total. The van der Waals surface area contributed by atoms with Crippen molar-refractivity contribution in [3.8, 4) is 0 Å². The van der Waals surface area contributed by atoms with Crippen molar-refractivity contribution in [3.63, 3.8) is 0 Å². The molecule has 1 aliphatic carbocycles. The van der Waals surface area contributed by atoms with Gasteiger partial charge in [0, 0.05) is 19.2 Å². The monoisotopic (exact) mass is 258 g/mol. The standard InChI is InChI=1S/C15H18N2O2/c1-16-13(18)11-2-3-12-9-15(5-4-10(12)8-11)6-7-17-14(15)19/h2-3,8H,4-7,9H2,1H3,(H,16,18)(H,17,19). The predicted octanol–water partition coefficient (Wildman–Crippen LogP) is 1.04. The molecule has 0 bridgehead atoms. The van der Waals surface area contributed by atoms with Crippen LogP contribution in [-0.2, 0) is 17.6 Å². The van der Waals surface area contributed by atoms with Crippen LogP contribution in [0.3, 0.4) is 0 Å². The molecule has 2 amide bonds. The van der Waals surface area contributed by atoms with E-state index in [0.717, 1.165) is 32.2 Å². The van der Waals surface area contributed by atoms with Gasteiger partial charge in [-0.3, -0.25) is 9.59 Å². The summed E-state index contributed by atoms with van der Waals surface area (Å²) < 4.78 is 0. The Morgan fingerprint density at radius 1 is 1.32 bits per heavy atom. The SMILES string of the molecule is CNC(=O)c1ccc2c(c1)CCC1(CCNC1=O)C2. The minimum atomic E-state index is -0.193. The van der Waals surface area contributed by atoms with E-state index in [1.165, 1.54) is 11.1 Å². The van der Waals surface area contributed by atoms with Crippen LogP contribution in [0.25, 0.3) is 0 Å². The zero-order chi connectivity index (χ0) is 13.5. The van der Waals surface area contributed by atoms with Gasteiger partial charge in [-0.1, -0.05) is 6.07 Å². The fraction of sp³-hybridized carbons (Fsp3) is 0.467. The highest BCUT2D eigenvalue weighted by Gasteiger charge is 2.44. The number of aryl methyl sites for hydroxylation is 1. The fourth-order valence-corrected chi connectivity index (χ4v) is 3.27. The quantitative estimate of drug-likeness (QED) is 0.791. The van der Waals surface area contributed by atoms with Gasteiger partial charge in [0.1, 0.15) is 0 Å². The van der Waals surface area contributed by atoms with Crippen LogP contribution in [0.4, 0.5) is 0 Å². The summed E-state index contributed by atoms with van der Waals surface area (Å²) >= 11 is 0. The summed E-state index contributed by atoms with van der Waals surface area (Å²) in [5.41, 5.74) is 2.94. The van der Waals surface area contributed by atoms with E-state index in [1.54, 1.807) is 7.05 Å². The highest BCUT2D eigenvalue weighted by atomic mass is 16.2. The Hall–Kier alpha value is -1.84. The van der Waals surface area contributed by atoms with Crippen molar-refractivity contribution in [2.75, 3.05) is 13.6 Å². The average molecular weight is 258 g/mol. The van der Waals surface area contributed by atoms with E-state index in [-0.39, 0.29) is 17.2 Å². The largest absolute Gasteiger partial charge is 0.356 e. The van der Waals surface area contributed by atoms with Crippen LogP contribution in [-0.4, -0.2) is 25.4 Å². The average Bonchev–Trinajstić information content (AvgIpc) is 2.78. The van der Waals surface area contributed by atoms with Crippen LogP contribution >= 0.6 is 0 Å². The highest BCUT2D eigenvalue weighted by Crippen LogP contribution is 2.41. The molecule has 0 saturated carbocycles. The summed E-state index contributed by atoms with van der Waals surface area (Å²) in [4.78, 5) is 23.6. The first-order chi connectivity index (χ1) is 9.14. The maximum atomic E-state index is 12.0. The Balaban J connectivity index is 1.91. The van der Waals surface area contributed by atoms with Crippen molar-refractivity contribution in [2.24, 2.45) is 5.41 Å². The Morgan fingerprint density at radius 2 is 2.16 bits per heavy atom. The third-order valence-corrected chi connectivity index (χ3v) is 4.47. The zero-order valence-electron chi connectivity index (χ0n) is 11.1. The molecule has 1 atom stereocenters. The summed E-state index contributed by atoms with van der Waals surface area (Å²) in [6.45, 7) is 0.796. The molecular weight excluding hydrogens is 240 g/mol. The molecule has 4 heteroatoms. The predicted molar refractivity (Wildman–Crippen MR) is 71.9 cm³/mol. The molecule has 1 aliphatic heterocycles. The number of rotatable bonds is 1. The number of carbonyl (C=O) groups is 2. The molecule has 1 heterocycles. The normalized spacial score (nSPS) is 25.0. The van der Waals surface area contributed by atoms with Crippen molar-refractivity contribution >= 4 is 11.8 Å². The summed E-state index contributed by atoms with van der Waals surface area (Å²) in [5.74, 6) is 0.148. The summed E-state index contributed by atoms with van der Waals surface area (Å²) in [6, 6.07) is 5.82. The minimum absolute atomic E-state index is 0.0540. The van der Waals surface area contributed by atoms with Crippen molar-refractivity contribution in [2.45, 2.75) is 25.7 Å². The lowest BCUT2D eigenvalue weighted by Crippen LogP contribution is -2.36. The lowest BCUT2D eigenvalue weighted by atomic mass is 9.70. The minimum Gasteiger partial charge on any atom is -0.356 e. The van der Waals surface area contributed by atoms with E-state index in [9.17, 15) is 9.59 Å². The van der Waals surface area contributed by atoms with Crippen molar-refractivity contribution in [1.82, 2.24) is 10.6 Å². The van der Waals surface area contributed by atoms with Gasteiger partial charge in [-0.05, 0) is 48.9 Å². The molecule has 1 fully saturated rings. The van der Waals surface area contributed by atoms with Gasteiger partial charge in [0.05, 0.1) is 5.41 Å². The van der Waals surface area contributed by atoms with Gasteiger partial charge in [-0.15, -0.1) is 0 Å². The number of nitrogens with one attached hydrogen (secondary N) is 2. The van der Waals surface area contributed by atoms with Crippen molar-refractivity contribution in [1.29, 1.82) is 0 Å². The fourth-order valence-electron chi connectivity index (χ4n) is 3.27. The zero-order valence-corrected chi connectivity index (χ0v) is 11.1. The number of hydrogen-bond acceptors (Lipinski definition) is 2. The van der Waals surface area contributed by atoms with Gasteiger partial charge in [0.25, 0.3) is 5.91 Å². The summed E-state index contributed by atoms with van der Waals surface area (Å²) in [5, 5.41) is 5.59. The molecule has 1 unspecified atom stereocenters. The second kappa shape index (κ2) is 4.37. The maximum Gasteiger partial charge on any atom is 0.251 e. The Morgan fingerprint density at radius 3 is 2.84 bits per heavy atom. The van der Waals surface area contributed by atoms with Gasteiger partial charge < -0.3 is 10.6 Å². The van der Waals surface area contributed by atoms with Crippen LogP contribution in [0.5, 0.6) is 0 Å². The van der Waals surface area contributed by atoms with Crippen LogP contribution < -0.4 is 10.6 Å². The second-order valence-electron chi connectivity index (χ2n) is 5.53. The molecule has 1 spiro atoms. The first kappa shape index (κ1) is 12.2. The van der Waals surface area contributed by atoms with Crippen LogP contribution in [0.1, 0.15) is 34.3 Å². The Kier molecular flexibility index (Phi) is 2.81. The molecule has 1 aromatic carbocycles. The highest BCUT2D eigenvalue weighted by molar-refractivity contribution is 5.94. The van der Waals surface area contributed by atoms with E-state index in [0.29, 0.717) is 5.56 Å². The van der Waals surface area contributed by atoms with Crippen LogP contribution in [0.2, 0.25) is 0 Å². The van der Waals surface area contributed by atoms with E-state index >= 15 is 0 Å². The van der Waals surface area contributed by atoms with E-state index < -0.39 is 0 Å². The summed E-state index contributed by atoms with van der Waals surface area (Å²) in [6.07, 6.45) is 3.52. The van der Waals surface area contributed by atoms with E-state index in [2.05, 4.69) is 10.6 Å². The number of carbonyl (C=O) groups excluding carboxylic acids is 2. The molecule has 100 valence electrons. The first-order valence-electron chi connectivity index (χ1n) is 6.77. The van der Waals surface area contributed by atoms with Gasteiger partial charge in [-0.2, -0.15) is 0 Å². The van der Waals surface area contributed by atoms with Crippen LogP contribution in [0.15, 0.2) is 18.2 Å². The van der Waals surface area contributed by atoms with E-state index in [1.807, 2.05) is 18.2 Å².